The first-order valence-corrected chi connectivity index (χ1v) is 3.16. The van der Waals surface area contributed by atoms with Crippen LogP contribution in [0.4, 0.5) is 0 Å². The fourth-order valence-corrected chi connectivity index (χ4v) is 0.644. The molecule has 1 aliphatic heterocycles. The summed E-state index contributed by atoms with van der Waals surface area (Å²) in [6.45, 7) is 3.95. The van der Waals surface area contributed by atoms with Crippen LogP contribution in [-0.4, -0.2) is 30.2 Å². The molecule has 0 radical (unpaired) electrons. The summed E-state index contributed by atoms with van der Waals surface area (Å²) >= 11 is 0. The lowest BCUT2D eigenvalue weighted by Crippen LogP contribution is -2.09. The van der Waals surface area contributed by atoms with Crippen molar-refractivity contribution in [1.29, 1.82) is 0 Å². The van der Waals surface area contributed by atoms with E-state index in [2.05, 4.69) is 0 Å². The fourth-order valence-electron chi connectivity index (χ4n) is 0.644. The quantitative estimate of drug-likeness (QED) is 0.555. The minimum Gasteiger partial charge on any atom is -0.393 e. The SMILES string of the molecule is CC(C)OC1OC1CO. The highest BCUT2D eigenvalue weighted by molar-refractivity contribution is 4.75. The number of rotatable bonds is 3. The van der Waals surface area contributed by atoms with Crippen LogP contribution < -0.4 is 0 Å². The molecule has 1 fully saturated rings. The minimum absolute atomic E-state index is 0.0626. The van der Waals surface area contributed by atoms with Gasteiger partial charge in [-0.1, -0.05) is 0 Å². The zero-order chi connectivity index (χ0) is 6.85. The summed E-state index contributed by atoms with van der Waals surface area (Å²) < 4.78 is 10.1. The maximum atomic E-state index is 8.48. The van der Waals surface area contributed by atoms with Gasteiger partial charge in [0.15, 0.2) is 6.29 Å². The molecule has 0 bridgehead atoms. The van der Waals surface area contributed by atoms with E-state index in [0.29, 0.717) is 0 Å². The maximum absolute atomic E-state index is 8.48. The lowest BCUT2D eigenvalue weighted by atomic mass is 10.4. The Labute approximate surface area is 54.6 Å². The van der Waals surface area contributed by atoms with Crippen LogP contribution in [-0.2, 0) is 9.47 Å². The van der Waals surface area contributed by atoms with Crippen molar-refractivity contribution in [3.63, 3.8) is 0 Å². The average molecular weight is 132 g/mol. The van der Waals surface area contributed by atoms with Crippen molar-refractivity contribution in [2.45, 2.75) is 32.3 Å². The van der Waals surface area contributed by atoms with Crippen LogP contribution in [0.3, 0.4) is 0 Å². The van der Waals surface area contributed by atoms with E-state index in [9.17, 15) is 0 Å². The first-order valence-electron chi connectivity index (χ1n) is 3.16. The second-order valence-corrected chi connectivity index (χ2v) is 2.41. The van der Waals surface area contributed by atoms with Crippen LogP contribution in [0, 0.1) is 0 Å². The van der Waals surface area contributed by atoms with Gasteiger partial charge in [0.1, 0.15) is 6.10 Å². The number of aliphatic hydroxyl groups is 1. The van der Waals surface area contributed by atoms with Crippen molar-refractivity contribution in [2.75, 3.05) is 6.61 Å². The molecule has 54 valence electrons. The number of epoxide rings is 1. The van der Waals surface area contributed by atoms with E-state index in [1.165, 1.54) is 0 Å². The standard InChI is InChI=1S/C6H12O3/c1-4(2)8-6-5(3-7)9-6/h4-7H,3H2,1-2H3. The molecular weight excluding hydrogens is 120 g/mol. The summed E-state index contributed by atoms with van der Waals surface area (Å²) in [5.41, 5.74) is 0. The number of hydrogen-bond acceptors (Lipinski definition) is 3. The van der Waals surface area contributed by atoms with E-state index in [4.69, 9.17) is 14.6 Å². The van der Waals surface area contributed by atoms with Crippen LogP contribution >= 0.6 is 0 Å². The van der Waals surface area contributed by atoms with Crippen molar-refractivity contribution in [3.05, 3.63) is 0 Å². The third-order valence-electron chi connectivity index (χ3n) is 1.12. The summed E-state index contributed by atoms with van der Waals surface area (Å²) in [4.78, 5) is 0. The monoisotopic (exact) mass is 132 g/mol. The zero-order valence-corrected chi connectivity index (χ0v) is 5.70. The van der Waals surface area contributed by atoms with Crippen molar-refractivity contribution in [2.24, 2.45) is 0 Å². The highest BCUT2D eigenvalue weighted by Crippen LogP contribution is 2.23. The maximum Gasteiger partial charge on any atom is 0.187 e. The van der Waals surface area contributed by atoms with Gasteiger partial charge in [0.2, 0.25) is 0 Å². The molecule has 2 atom stereocenters. The van der Waals surface area contributed by atoms with Crippen LogP contribution in [0.1, 0.15) is 13.8 Å². The number of hydrogen-bond donors (Lipinski definition) is 1. The summed E-state index contributed by atoms with van der Waals surface area (Å²) in [7, 11) is 0. The molecule has 2 unspecified atom stereocenters. The Morgan fingerprint density at radius 2 is 2.33 bits per heavy atom. The van der Waals surface area contributed by atoms with Gasteiger partial charge in [-0.15, -0.1) is 0 Å². The molecule has 1 heterocycles. The molecule has 0 spiro atoms. The van der Waals surface area contributed by atoms with Gasteiger partial charge in [-0.2, -0.15) is 0 Å². The molecule has 3 heteroatoms. The predicted octanol–water partition coefficient (Wildman–Crippen LogP) is 0.129. The van der Waals surface area contributed by atoms with Crippen molar-refractivity contribution >= 4 is 0 Å². The third kappa shape index (κ3) is 1.93. The second kappa shape index (κ2) is 2.64. The van der Waals surface area contributed by atoms with Gasteiger partial charge in [-0.25, -0.2) is 0 Å². The van der Waals surface area contributed by atoms with Gasteiger partial charge in [0.25, 0.3) is 0 Å². The van der Waals surface area contributed by atoms with E-state index < -0.39 is 0 Å². The average Bonchev–Trinajstić information content (AvgIpc) is 2.45. The van der Waals surface area contributed by atoms with Crippen molar-refractivity contribution in [3.8, 4) is 0 Å². The van der Waals surface area contributed by atoms with Gasteiger partial charge >= 0.3 is 0 Å². The first kappa shape index (κ1) is 6.99. The van der Waals surface area contributed by atoms with Crippen LogP contribution in [0.25, 0.3) is 0 Å². The van der Waals surface area contributed by atoms with E-state index in [0.717, 1.165) is 0 Å². The summed E-state index contributed by atoms with van der Waals surface area (Å²) in [5.74, 6) is 0. The second-order valence-electron chi connectivity index (χ2n) is 2.41. The molecule has 3 nitrogen and oxygen atoms in total. The van der Waals surface area contributed by atoms with Crippen molar-refractivity contribution in [1.82, 2.24) is 0 Å². The third-order valence-corrected chi connectivity index (χ3v) is 1.12. The molecule has 1 N–H and O–H groups in total. The highest BCUT2D eigenvalue weighted by atomic mass is 16.8. The van der Waals surface area contributed by atoms with Gasteiger partial charge in [0.05, 0.1) is 12.7 Å². The summed E-state index contributed by atoms with van der Waals surface area (Å²) in [6, 6.07) is 0. The lowest BCUT2D eigenvalue weighted by molar-refractivity contribution is 0.00793. The van der Waals surface area contributed by atoms with E-state index in [-0.39, 0.29) is 25.1 Å². The lowest BCUT2D eigenvalue weighted by Gasteiger charge is -2.01. The molecule has 1 rings (SSSR count). The Morgan fingerprint density at radius 1 is 1.67 bits per heavy atom. The molecule has 0 saturated carbocycles. The highest BCUT2D eigenvalue weighted by Gasteiger charge is 2.39. The van der Waals surface area contributed by atoms with E-state index in [1.807, 2.05) is 13.8 Å². The van der Waals surface area contributed by atoms with E-state index >= 15 is 0 Å². The van der Waals surface area contributed by atoms with Gasteiger partial charge in [0, 0.05) is 0 Å². The molecule has 0 amide bonds. The molecule has 1 aliphatic rings. The minimum atomic E-state index is -0.144. The molecule has 1 saturated heterocycles. The molecule has 0 aliphatic carbocycles. The van der Waals surface area contributed by atoms with Crippen LogP contribution in [0.2, 0.25) is 0 Å². The Kier molecular flexibility index (Phi) is 2.05. The number of aliphatic hydroxyl groups excluding tert-OH is 1. The van der Waals surface area contributed by atoms with Gasteiger partial charge in [-0.05, 0) is 13.8 Å². The molecule has 0 aromatic heterocycles. The van der Waals surface area contributed by atoms with Crippen LogP contribution in [0.5, 0.6) is 0 Å². The van der Waals surface area contributed by atoms with Gasteiger partial charge < -0.3 is 14.6 Å². The van der Waals surface area contributed by atoms with E-state index in [1.54, 1.807) is 0 Å². The topological polar surface area (TPSA) is 42.0 Å². The number of ether oxygens (including phenoxy) is 2. The predicted molar refractivity (Wildman–Crippen MR) is 32.0 cm³/mol. The Hall–Kier alpha value is -0.120. The van der Waals surface area contributed by atoms with Gasteiger partial charge in [-0.3, -0.25) is 0 Å². The van der Waals surface area contributed by atoms with Crippen molar-refractivity contribution < 1.29 is 14.6 Å². The Morgan fingerprint density at radius 3 is 2.67 bits per heavy atom. The molecule has 0 aromatic carbocycles. The Bertz CT molecular complexity index is 92.3. The summed E-state index contributed by atoms with van der Waals surface area (Å²) in [6.07, 6.45) is -0.0195. The summed E-state index contributed by atoms with van der Waals surface area (Å²) in [5, 5.41) is 8.48. The molecule has 0 aromatic rings. The molecule has 9 heavy (non-hydrogen) atoms. The molecular formula is C6H12O3. The smallest absolute Gasteiger partial charge is 0.187 e. The zero-order valence-electron chi connectivity index (χ0n) is 5.70. The van der Waals surface area contributed by atoms with Crippen LogP contribution in [0.15, 0.2) is 0 Å². The largest absolute Gasteiger partial charge is 0.393 e. The fraction of sp³-hybridized carbons (Fsp3) is 1.00. The normalized spacial score (nSPS) is 33.3. The Balaban J connectivity index is 2.05. The first-order chi connectivity index (χ1) is 4.24.